The fourth-order valence-electron chi connectivity index (χ4n) is 3.39. The highest BCUT2D eigenvalue weighted by atomic mass is 35.5. The lowest BCUT2D eigenvalue weighted by Gasteiger charge is -2.33. The fraction of sp³-hybridized carbons (Fsp3) is 0.765. The van der Waals surface area contributed by atoms with E-state index in [1.165, 1.54) is 0 Å². The highest BCUT2D eigenvalue weighted by Crippen LogP contribution is 2.76. The van der Waals surface area contributed by atoms with Crippen LogP contribution in [0.15, 0.2) is 10.1 Å². The van der Waals surface area contributed by atoms with Crippen LogP contribution in [-0.2, 0) is 19.1 Å². The quantitative estimate of drug-likeness (QED) is 0.242. The summed E-state index contributed by atoms with van der Waals surface area (Å²) in [7, 11) is 0. The number of hydrogen-bond acceptors (Lipinski definition) is 4. The van der Waals surface area contributed by atoms with Crippen LogP contribution in [0.3, 0.4) is 0 Å². The number of ether oxygens (including phenoxy) is 2. The Balaban J connectivity index is 2.47. The van der Waals surface area contributed by atoms with E-state index in [4.69, 9.17) is 79.1 Å². The number of esters is 2. The van der Waals surface area contributed by atoms with E-state index in [1.807, 2.05) is 13.8 Å². The smallest absolute Gasteiger partial charge is 0.312 e. The largest absolute Gasteiger partial charge is 0.465 e. The Labute approximate surface area is 188 Å². The van der Waals surface area contributed by atoms with Crippen molar-refractivity contribution in [1.29, 1.82) is 0 Å². The topological polar surface area (TPSA) is 52.6 Å². The van der Waals surface area contributed by atoms with Crippen LogP contribution in [0, 0.1) is 11.8 Å². The van der Waals surface area contributed by atoms with Crippen molar-refractivity contribution in [2.45, 2.75) is 53.6 Å². The van der Waals surface area contributed by atoms with Crippen molar-refractivity contribution in [1.82, 2.24) is 0 Å². The Bertz CT molecular complexity index is 599. The lowest BCUT2D eigenvalue weighted by molar-refractivity contribution is -0.160. The van der Waals surface area contributed by atoms with Gasteiger partial charge in [0.05, 0.1) is 35.1 Å². The summed E-state index contributed by atoms with van der Waals surface area (Å²) in [4.78, 5) is 21.8. The van der Waals surface area contributed by atoms with Gasteiger partial charge in [0.15, 0.2) is 4.33 Å². The first kappa shape index (κ1) is 23.7. The summed E-state index contributed by atoms with van der Waals surface area (Å²) in [6.45, 7) is 4.19. The van der Waals surface area contributed by atoms with Gasteiger partial charge >= 0.3 is 11.9 Å². The summed E-state index contributed by atoms with van der Waals surface area (Å²) in [6, 6.07) is 0. The normalized spacial score (nSPS) is 34.1. The van der Waals surface area contributed by atoms with Crippen molar-refractivity contribution in [2.24, 2.45) is 11.8 Å². The zero-order valence-corrected chi connectivity index (χ0v) is 19.3. The Hall–Kier alpha value is 0.420. The molecule has 0 unspecified atom stereocenters. The number of unbranched alkanes of at least 4 members (excludes halogenated alkanes) is 2. The Morgan fingerprint density at radius 1 is 0.815 bits per heavy atom. The van der Waals surface area contributed by atoms with Gasteiger partial charge in [-0.3, -0.25) is 9.59 Å². The van der Waals surface area contributed by atoms with E-state index in [2.05, 4.69) is 0 Å². The van der Waals surface area contributed by atoms with Gasteiger partial charge in [-0.05, 0) is 12.8 Å². The Morgan fingerprint density at radius 2 is 1.15 bits per heavy atom. The van der Waals surface area contributed by atoms with Crippen LogP contribution < -0.4 is 0 Å². The van der Waals surface area contributed by atoms with Gasteiger partial charge in [0.1, 0.15) is 9.75 Å². The van der Waals surface area contributed by atoms with Gasteiger partial charge in [-0.25, -0.2) is 0 Å². The van der Waals surface area contributed by atoms with Gasteiger partial charge in [0.2, 0.25) is 0 Å². The molecule has 1 fully saturated rings. The predicted octanol–water partition coefficient (Wildman–Crippen LogP) is 5.75. The van der Waals surface area contributed by atoms with E-state index in [9.17, 15) is 9.59 Å². The summed E-state index contributed by atoms with van der Waals surface area (Å²) < 4.78 is 8.53. The third-order valence-electron chi connectivity index (χ3n) is 4.93. The van der Waals surface area contributed by atoms with Crippen LogP contribution in [0.1, 0.15) is 39.5 Å². The summed E-state index contributed by atoms with van der Waals surface area (Å²) in [5.41, 5.74) is 0. The van der Waals surface area contributed by atoms with Gasteiger partial charge in [-0.2, -0.15) is 0 Å². The molecule has 0 spiro atoms. The lowest BCUT2D eigenvalue weighted by atomic mass is 9.82. The Kier molecular flexibility index (Phi) is 7.59. The third-order valence-corrected chi connectivity index (χ3v) is 9.19. The van der Waals surface area contributed by atoms with Crippen molar-refractivity contribution in [3.63, 3.8) is 0 Å². The van der Waals surface area contributed by atoms with Crippen molar-refractivity contribution >= 4 is 81.5 Å². The molecule has 0 saturated heterocycles. The molecule has 2 bridgehead atoms. The summed E-state index contributed by atoms with van der Waals surface area (Å²) in [5, 5.41) is -0.332. The molecule has 10 heteroatoms. The molecular weight excluding hydrogens is 481 g/mol. The molecule has 0 aromatic carbocycles. The van der Waals surface area contributed by atoms with E-state index in [-0.39, 0.29) is 23.3 Å². The fourth-order valence-corrected chi connectivity index (χ4v) is 6.31. The maximum atomic E-state index is 12.8. The van der Waals surface area contributed by atoms with Gasteiger partial charge < -0.3 is 9.47 Å². The minimum Gasteiger partial charge on any atom is -0.465 e. The molecular formula is C17H20Cl6O4. The SMILES string of the molecule is CCCCOC(=O)[C@@H]1[C@H](C(=O)OCCCC)[C@@]2(Cl)C(Cl)=C(Cl)[C@@]1(Cl)C2(Cl)Cl. The molecule has 0 aliphatic heterocycles. The van der Waals surface area contributed by atoms with Crippen LogP contribution in [-0.4, -0.2) is 39.2 Å². The molecule has 0 aromatic rings. The Morgan fingerprint density at radius 3 is 1.44 bits per heavy atom. The number of fused-ring (bicyclic) bond motifs is 2. The molecule has 2 aliphatic rings. The maximum Gasteiger partial charge on any atom is 0.312 e. The molecule has 0 heterocycles. The molecule has 4 nitrogen and oxygen atoms in total. The molecule has 0 aromatic heterocycles. The van der Waals surface area contributed by atoms with Gasteiger partial charge in [-0.15, -0.1) is 23.2 Å². The van der Waals surface area contributed by atoms with Crippen LogP contribution in [0.4, 0.5) is 0 Å². The van der Waals surface area contributed by atoms with Gasteiger partial charge in [0, 0.05) is 0 Å². The minimum atomic E-state index is -2.03. The number of alkyl halides is 4. The summed E-state index contributed by atoms with van der Waals surface area (Å²) in [6.07, 6.45) is 2.91. The predicted molar refractivity (Wildman–Crippen MR) is 109 cm³/mol. The second kappa shape index (κ2) is 8.65. The van der Waals surface area contributed by atoms with E-state index in [0.717, 1.165) is 12.8 Å². The number of allylic oxidation sites excluding steroid dienone is 2. The van der Waals surface area contributed by atoms with E-state index in [0.29, 0.717) is 12.8 Å². The first-order chi connectivity index (χ1) is 12.5. The molecule has 27 heavy (non-hydrogen) atoms. The van der Waals surface area contributed by atoms with E-state index in [1.54, 1.807) is 0 Å². The zero-order chi connectivity index (χ0) is 20.6. The standard InChI is InChI=1S/C17H20Cl6O4/c1-3-5-7-26-13(24)9-10(14(25)27-8-6-4-2)16(21)12(19)11(18)15(9,20)17(16,22)23/h9-10H,3-8H2,1-2H3/t9-,10+,15-,16-/m1/s1. The number of carbonyl (C=O) groups is 2. The lowest BCUT2D eigenvalue weighted by Crippen LogP contribution is -2.46. The first-order valence-corrected chi connectivity index (χ1v) is 10.9. The molecule has 1 saturated carbocycles. The second-order valence-electron chi connectivity index (χ2n) is 6.62. The first-order valence-electron chi connectivity index (χ1n) is 8.68. The maximum absolute atomic E-state index is 12.8. The van der Waals surface area contributed by atoms with Crippen molar-refractivity contribution < 1.29 is 19.1 Å². The van der Waals surface area contributed by atoms with Gasteiger partial charge in [0.25, 0.3) is 0 Å². The molecule has 2 aliphatic carbocycles. The second-order valence-corrected chi connectivity index (χ2v) is 9.90. The third kappa shape index (κ3) is 3.37. The monoisotopic (exact) mass is 498 g/mol. The van der Waals surface area contributed by atoms with Gasteiger partial charge in [-0.1, -0.05) is 73.1 Å². The van der Waals surface area contributed by atoms with Crippen molar-refractivity contribution in [3.8, 4) is 0 Å². The molecule has 154 valence electrons. The average Bonchev–Trinajstić information content (AvgIpc) is 2.82. The number of halogens is 6. The number of carbonyl (C=O) groups excluding carboxylic acids is 2. The molecule has 0 radical (unpaired) electrons. The van der Waals surface area contributed by atoms with Crippen LogP contribution in [0.25, 0.3) is 0 Å². The molecule has 0 amide bonds. The van der Waals surface area contributed by atoms with Crippen LogP contribution in [0.2, 0.25) is 0 Å². The highest BCUT2D eigenvalue weighted by molar-refractivity contribution is 6.66. The average molecular weight is 501 g/mol. The van der Waals surface area contributed by atoms with E-state index < -0.39 is 37.9 Å². The zero-order valence-electron chi connectivity index (χ0n) is 14.8. The highest BCUT2D eigenvalue weighted by Gasteiger charge is 2.85. The minimum absolute atomic E-state index is 0.151. The number of rotatable bonds is 8. The summed E-state index contributed by atoms with van der Waals surface area (Å²) >= 11 is 38.8. The van der Waals surface area contributed by atoms with Crippen molar-refractivity contribution in [3.05, 3.63) is 10.1 Å². The molecule has 2 rings (SSSR count). The molecule has 0 N–H and O–H groups in total. The molecule has 4 atom stereocenters. The van der Waals surface area contributed by atoms with Crippen LogP contribution in [0.5, 0.6) is 0 Å². The van der Waals surface area contributed by atoms with Crippen molar-refractivity contribution in [2.75, 3.05) is 13.2 Å². The number of hydrogen-bond donors (Lipinski definition) is 0. The van der Waals surface area contributed by atoms with E-state index >= 15 is 0 Å². The van der Waals surface area contributed by atoms with Crippen LogP contribution >= 0.6 is 69.6 Å². The summed E-state index contributed by atoms with van der Waals surface area (Å²) in [5.74, 6) is -4.22.